The van der Waals surface area contributed by atoms with Crippen molar-refractivity contribution in [1.29, 1.82) is 0 Å². The summed E-state index contributed by atoms with van der Waals surface area (Å²) in [5.74, 6) is -0.806. The highest BCUT2D eigenvalue weighted by Crippen LogP contribution is 2.22. The first kappa shape index (κ1) is 25.6. The summed E-state index contributed by atoms with van der Waals surface area (Å²) >= 11 is 7.08. The molecule has 0 aliphatic heterocycles. The van der Waals surface area contributed by atoms with Gasteiger partial charge in [-0.05, 0) is 55.0 Å². The van der Waals surface area contributed by atoms with Gasteiger partial charge in [-0.3, -0.25) is 14.2 Å². The van der Waals surface area contributed by atoms with Gasteiger partial charge in [0, 0.05) is 29.2 Å². The minimum atomic E-state index is -1.24. The number of rotatable bonds is 11. The van der Waals surface area contributed by atoms with Crippen molar-refractivity contribution in [3.8, 4) is 5.75 Å². The van der Waals surface area contributed by atoms with Crippen LogP contribution in [0.1, 0.15) is 28.4 Å². The van der Waals surface area contributed by atoms with Crippen LogP contribution in [0.15, 0.2) is 71.5 Å². The first-order valence-electron chi connectivity index (χ1n) is 11.3. The van der Waals surface area contributed by atoms with Gasteiger partial charge in [0.15, 0.2) is 5.78 Å². The smallest absolute Gasteiger partial charge is 0.308 e. The third-order valence-corrected chi connectivity index (χ3v) is 6.75. The third-order valence-electron chi connectivity index (χ3n) is 5.58. The molecule has 3 aromatic carbocycles. The number of fused-ring (bicyclic) bond motifs is 1. The molecule has 0 radical (unpaired) electrons. The molecule has 1 unspecified atom stereocenters. The first-order chi connectivity index (χ1) is 17.4. The van der Waals surface area contributed by atoms with Gasteiger partial charge in [-0.1, -0.05) is 47.2 Å². The predicted molar refractivity (Wildman–Crippen MR) is 137 cm³/mol. The minimum Gasteiger partial charge on any atom is -0.547 e. The van der Waals surface area contributed by atoms with Crippen LogP contribution in [0.25, 0.3) is 10.2 Å². The Kier molecular flexibility index (Phi) is 8.20. The number of benzene rings is 3. The molecule has 4 aromatic rings. The number of carbonyl (C=O) groups is 2. The second kappa shape index (κ2) is 11.5. The maximum absolute atomic E-state index is 12.8. The minimum absolute atomic E-state index is 0.138. The van der Waals surface area contributed by atoms with Gasteiger partial charge >= 0.3 is 4.87 Å². The summed E-state index contributed by atoms with van der Waals surface area (Å²) in [6.45, 7) is 2.61. The molecule has 1 heterocycles. The van der Waals surface area contributed by atoms with Gasteiger partial charge in [0.05, 0.1) is 22.7 Å². The fourth-order valence-corrected chi connectivity index (χ4v) is 4.96. The molecule has 0 saturated heterocycles. The van der Waals surface area contributed by atoms with E-state index < -0.39 is 12.1 Å². The van der Waals surface area contributed by atoms with E-state index in [0.717, 1.165) is 22.4 Å². The van der Waals surface area contributed by atoms with E-state index in [9.17, 15) is 19.5 Å². The molecule has 1 aromatic heterocycles. The summed E-state index contributed by atoms with van der Waals surface area (Å²) in [5.41, 5.74) is 2.49. The molecule has 0 saturated carbocycles. The highest BCUT2D eigenvalue weighted by molar-refractivity contribution is 7.16. The fourth-order valence-electron chi connectivity index (χ4n) is 3.82. The van der Waals surface area contributed by atoms with E-state index in [1.54, 1.807) is 78.2 Å². The summed E-state index contributed by atoms with van der Waals surface area (Å²) in [6.07, 6.45) is -0.795. The molecular formula is C27H23ClNO6S-. The van der Waals surface area contributed by atoms with Gasteiger partial charge in [-0.15, -0.1) is 0 Å². The number of carbonyl (C=O) groups excluding carboxylic acids is 2. The van der Waals surface area contributed by atoms with Gasteiger partial charge in [-0.25, -0.2) is 0 Å². The third kappa shape index (κ3) is 6.02. The van der Waals surface area contributed by atoms with Crippen LogP contribution in [0.2, 0.25) is 5.02 Å². The molecule has 36 heavy (non-hydrogen) atoms. The van der Waals surface area contributed by atoms with Crippen molar-refractivity contribution in [1.82, 2.24) is 4.57 Å². The molecule has 0 aliphatic rings. The van der Waals surface area contributed by atoms with Crippen LogP contribution < -0.4 is 14.7 Å². The Balaban J connectivity index is 1.40. The number of ketones is 1. The normalized spacial score (nSPS) is 11.9. The number of hydrogen-bond acceptors (Lipinski definition) is 7. The predicted octanol–water partition coefficient (Wildman–Crippen LogP) is 3.72. The summed E-state index contributed by atoms with van der Waals surface area (Å²) < 4.78 is 13.3. The molecule has 4 rings (SSSR count). The van der Waals surface area contributed by atoms with Gasteiger partial charge in [0.25, 0.3) is 0 Å². The van der Waals surface area contributed by atoms with E-state index in [0.29, 0.717) is 33.1 Å². The molecule has 1 atom stereocenters. The van der Waals surface area contributed by atoms with E-state index in [-0.39, 0.29) is 30.3 Å². The SMILES string of the molecule is CCOC(Cc1ccc(OCCn2c(=O)sc3cc(C(=O)c4cccc(Cl)c4)ccc32)cc1)C(=O)[O-]. The summed E-state index contributed by atoms with van der Waals surface area (Å²) in [5, 5.41) is 11.6. The average molecular weight is 525 g/mol. The largest absolute Gasteiger partial charge is 0.547 e. The molecule has 0 N–H and O–H groups in total. The number of ether oxygens (including phenoxy) is 2. The molecular weight excluding hydrogens is 502 g/mol. The van der Waals surface area contributed by atoms with E-state index in [1.165, 1.54) is 0 Å². The second-order valence-electron chi connectivity index (χ2n) is 8.00. The van der Waals surface area contributed by atoms with Crippen LogP contribution in [0, 0.1) is 0 Å². The lowest BCUT2D eigenvalue weighted by Crippen LogP contribution is -2.39. The van der Waals surface area contributed by atoms with Crippen molar-refractivity contribution in [3.05, 3.63) is 98.1 Å². The van der Waals surface area contributed by atoms with Crippen LogP contribution in [0.4, 0.5) is 0 Å². The Hall–Kier alpha value is -3.46. The quantitative estimate of drug-likeness (QED) is 0.277. The molecule has 9 heteroatoms. The van der Waals surface area contributed by atoms with E-state index in [4.69, 9.17) is 21.1 Å². The standard InChI is InChI=1S/C27H24ClNO6S/c1-2-34-23(26(31)32)14-17-6-9-21(10-7-17)35-13-12-29-22-11-8-19(16-24(22)36-27(29)33)25(30)18-4-3-5-20(28)15-18/h3-11,15-16,23H,2,12-14H2,1H3,(H,31,32)/p-1. The van der Waals surface area contributed by atoms with E-state index >= 15 is 0 Å². The average Bonchev–Trinajstić information content (AvgIpc) is 3.18. The zero-order chi connectivity index (χ0) is 25.7. The Bertz CT molecular complexity index is 1440. The lowest BCUT2D eigenvalue weighted by molar-refractivity contribution is -0.316. The van der Waals surface area contributed by atoms with Crippen LogP contribution in [0.3, 0.4) is 0 Å². The summed E-state index contributed by atoms with van der Waals surface area (Å²) in [4.78, 5) is 36.4. The molecule has 0 spiro atoms. The Morgan fingerprint density at radius 1 is 1.06 bits per heavy atom. The maximum atomic E-state index is 12.8. The van der Waals surface area contributed by atoms with Gasteiger partial charge < -0.3 is 19.4 Å². The lowest BCUT2D eigenvalue weighted by atomic mass is 10.0. The van der Waals surface area contributed by atoms with Crippen molar-refractivity contribution < 1.29 is 24.2 Å². The number of carboxylic acids is 1. The topological polar surface area (TPSA) is 97.7 Å². The Morgan fingerprint density at radius 2 is 1.81 bits per heavy atom. The monoisotopic (exact) mass is 524 g/mol. The van der Waals surface area contributed by atoms with Crippen LogP contribution >= 0.6 is 22.9 Å². The summed E-state index contributed by atoms with van der Waals surface area (Å²) in [7, 11) is 0. The number of halogens is 1. The molecule has 0 fully saturated rings. The van der Waals surface area contributed by atoms with Crippen LogP contribution in [-0.2, 0) is 22.5 Å². The Labute approximate surface area is 216 Å². The maximum Gasteiger partial charge on any atom is 0.308 e. The number of aliphatic carboxylic acids is 1. The zero-order valence-corrected chi connectivity index (χ0v) is 21.0. The van der Waals surface area contributed by atoms with Crippen LogP contribution in [-0.4, -0.2) is 35.6 Å². The lowest BCUT2D eigenvalue weighted by Gasteiger charge is -2.18. The first-order valence-corrected chi connectivity index (χ1v) is 12.5. The van der Waals surface area contributed by atoms with Crippen molar-refractivity contribution >= 4 is 44.9 Å². The number of nitrogens with zero attached hydrogens (tertiary/aromatic N) is 1. The van der Waals surface area contributed by atoms with Crippen LogP contribution in [0.5, 0.6) is 5.75 Å². The van der Waals surface area contributed by atoms with Gasteiger partial charge in [-0.2, -0.15) is 0 Å². The molecule has 186 valence electrons. The molecule has 0 aliphatic carbocycles. The van der Waals surface area contributed by atoms with Crippen molar-refractivity contribution in [2.24, 2.45) is 0 Å². The number of hydrogen-bond donors (Lipinski definition) is 0. The van der Waals surface area contributed by atoms with Crippen molar-refractivity contribution in [3.63, 3.8) is 0 Å². The second-order valence-corrected chi connectivity index (χ2v) is 9.43. The van der Waals surface area contributed by atoms with E-state index in [1.807, 2.05) is 0 Å². The van der Waals surface area contributed by atoms with Gasteiger partial charge in [0.1, 0.15) is 18.5 Å². The number of aromatic nitrogens is 1. The molecule has 7 nitrogen and oxygen atoms in total. The van der Waals surface area contributed by atoms with Crippen molar-refractivity contribution in [2.75, 3.05) is 13.2 Å². The van der Waals surface area contributed by atoms with Crippen molar-refractivity contribution in [2.45, 2.75) is 26.0 Å². The van der Waals surface area contributed by atoms with Gasteiger partial charge in [0.2, 0.25) is 0 Å². The fraction of sp³-hybridized carbons (Fsp3) is 0.222. The Morgan fingerprint density at radius 3 is 2.50 bits per heavy atom. The molecule has 0 bridgehead atoms. The number of carboxylic acid groups (broad SMARTS) is 1. The molecule has 0 amide bonds. The van der Waals surface area contributed by atoms with E-state index in [2.05, 4.69) is 0 Å². The summed E-state index contributed by atoms with van der Waals surface area (Å²) in [6, 6.07) is 19.0. The highest BCUT2D eigenvalue weighted by atomic mass is 35.5. The highest BCUT2D eigenvalue weighted by Gasteiger charge is 2.14. The number of thiazole rings is 1. The zero-order valence-electron chi connectivity index (χ0n) is 19.4.